The van der Waals surface area contributed by atoms with Gasteiger partial charge in [0.2, 0.25) is 0 Å². The third-order valence-electron chi connectivity index (χ3n) is 3.12. The molecule has 0 radical (unpaired) electrons. The molecule has 1 aromatic heterocycles. The molecule has 0 aromatic carbocycles. The van der Waals surface area contributed by atoms with Crippen LogP contribution in [-0.2, 0) is 6.42 Å². The lowest BCUT2D eigenvalue weighted by Gasteiger charge is -2.15. The number of aryl methyl sites for hydroxylation is 1. The Balaban J connectivity index is 1.71. The molecule has 90 valence electrons. The lowest BCUT2D eigenvalue weighted by molar-refractivity contribution is 0.331. The molecule has 3 nitrogen and oxygen atoms in total. The van der Waals surface area contributed by atoms with Crippen LogP contribution < -0.4 is 5.32 Å². The topological polar surface area (TPSA) is 28.2 Å². The van der Waals surface area contributed by atoms with E-state index in [1.807, 2.05) is 0 Å². The van der Waals surface area contributed by atoms with E-state index in [0.717, 1.165) is 19.5 Å². The van der Waals surface area contributed by atoms with Gasteiger partial charge in [0.1, 0.15) is 0 Å². The van der Waals surface area contributed by atoms with Crippen LogP contribution in [0.3, 0.4) is 0 Å². The number of aromatic nitrogens is 1. The summed E-state index contributed by atoms with van der Waals surface area (Å²) in [6, 6.07) is 0.710. The summed E-state index contributed by atoms with van der Waals surface area (Å²) in [6.07, 6.45) is 2.40. The molecule has 1 aromatic rings. The van der Waals surface area contributed by atoms with E-state index in [2.05, 4.69) is 34.4 Å². The summed E-state index contributed by atoms with van der Waals surface area (Å²) in [5, 5.41) is 6.89. The third-order valence-corrected chi connectivity index (χ3v) is 3.94. The van der Waals surface area contributed by atoms with Gasteiger partial charge in [-0.2, -0.15) is 0 Å². The molecular weight excluding hydrogens is 218 g/mol. The Bertz CT molecular complexity index is 324. The van der Waals surface area contributed by atoms with Gasteiger partial charge in [-0.15, -0.1) is 11.3 Å². The molecule has 1 N–H and O–H groups in total. The SMILES string of the molecule is CCNC1CCN(CCc2csc(C)n2)C1. The van der Waals surface area contributed by atoms with Crippen molar-refractivity contribution in [2.45, 2.75) is 32.7 Å². The van der Waals surface area contributed by atoms with Crippen molar-refractivity contribution in [3.05, 3.63) is 16.1 Å². The first-order valence-corrected chi connectivity index (χ1v) is 7.02. The van der Waals surface area contributed by atoms with Crippen molar-refractivity contribution in [3.63, 3.8) is 0 Å². The van der Waals surface area contributed by atoms with E-state index in [1.165, 1.54) is 30.2 Å². The first-order chi connectivity index (χ1) is 7.78. The molecule has 0 saturated carbocycles. The van der Waals surface area contributed by atoms with Crippen molar-refractivity contribution < 1.29 is 0 Å². The minimum atomic E-state index is 0.710. The molecule has 1 aliphatic rings. The lowest BCUT2D eigenvalue weighted by atomic mass is 10.3. The molecule has 1 saturated heterocycles. The van der Waals surface area contributed by atoms with Gasteiger partial charge < -0.3 is 10.2 Å². The fourth-order valence-corrected chi connectivity index (χ4v) is 2.93. The second-order valence-corrected chi connectivity index (χ2v) is 5.51. The van der Waals surface area contributed by atoms with E-state index < -0.39 is 0 Å². The van der Waals surface area contributed by atoms with Crippen LogP contribution >= 0.6 is 11.3 Å². The number of nitrogens with one attached hydrogen (secondary N) is 1. The van der Waals surface area contributed by atoms with Crippen LogP contribution in [0.4, 0.5) is 0 Å². The minimum Gasteiger partial charge on any atom is -0.313 e. The van der Waals surface area contributed by atoms with Crippen molar-refractivity contribution in [1.82, 2.24) is 15.2 Å². The lowest BCUT2D eigenvalue weighted by Crippen LogP contribution is -2.32. The van der Waals surface area contributed by atoms with Gasteiger partial charge in [0.25, 0.3) is 0 Å². The average Bonchev–Trinajstić information content (AvgIpc) is 2.85. The minimum absolute atomic E-state index is 0.710. The largest absolute Gasteiger partial charge is 0.313 e. The van der Waals surface area contributed by atoms with E-state index in [1.54, 1.807) is 11.3 Å². The second-order valence-electron chi connectivity index (χ2n) is 4.45. The van der Waals surface area contributed by atoms with Crippen molar-refractivity contribution in [1.29, 1.82) is 0 Å². The molecule has 0 bridgehead atoms. The Morgan fingerprint density at radius 1 is 1.62 bits per heavy atom. The maximum atomic E-state index is 4.50. The van der Waals surface area contributed by atoms with Crippen LogP contribution in [0.2, 0.25) is 0 Å². The molecule has 1 fully saturated rings. The number of likely N-dealkylation sites (tertiary alicyclic amines) is 1. The fourth-order valence-electron chi connectivity index (χ4n) is 2.29. The second kappa shape index (κ2) is 5.75. The first kappa shape index (κ1) is 12.0. The van der Waals surface area contributed by atoms with Gasteiger partial charge >= 0.3 is 0 Å². The smallest absolute Gasteiger partial charge is 0.0897 e. The molecule has 1 unspecified atom stereocenters. The summed E-state index contributed by atoms with van der Waals surface area (Å²) in [6.45, 7) is 8.94. The van der Waals surface area contributed by atoms with E-state index >= 15 is 0 Å². The molecule has 0 spiro atoms. The molecule has 0 amide bonds. The summed E-state index contributed by atoms with van der Waals surface area (Å²) in [5.41, 5.74) is 1.26. The Morgan fingerprint density at radius 3 is 3.19 bits per heavy atom. The molecule has 1 atom stereocenters. The standard InChI is InChI=1S/C12H21N3S/c1-3-13-11-4-6-15(8-11)7-5-12-9-16-10(2)14-12/h9,11,13H,3-8H2,1-2H3. The Kier molecular flexibility index (Phi) is 4.32. The summed E-state index contributed by atoms with van der Waals surface area (Å²) in [4.78, 5) is 7.05. The Labute approximate surface area is 102 Å². The van der Waals surface area contributed by atoms with Gasteiger partial charge in [-0.05, 0) is 26.4 Å². The highest BCUT2D eigenvalue weighted by atomic mass is 32.1. The highest BCUT2D eigenvalue weighted by molar-refractivity contribution is 7.09. The number of hydrogen-bond acceptors (Lipinski definition) is 4. The Morgan fingerprint density at radius 2 is 2.50 bits per heavy atom. The summed E-state index contributed by atoms with van der Waals surface area (Å²) >= 11 is 1.75. The molecule has 4 heteroatoms. The molecule has 2 heterocycles. The fraction of sp³-hybridized carbons (Fsp3) is 0.750. The summed E-state index contributed by atoms with van der Waals surface area (Å²) in [5.74, 6) is 0. The summed E-state index contributed by atoms with van der Waals surface area (Å²) < 4.78 is 0. The van der Waals surface area contributed by atoms with E-state index in [4.69, 9.17) is 0 Å². The van der Waals surface area contributed by atoms with Crippen LogP contribution in [0.5, 0.6) is 0 Å². The van der Waals surface area contributed by atoms with E-state index in [0.29, 0.717) is 6.04 Å². The number of rotatable bonds is 5. The third kappa shape index (κ3) is 3.27. The predicted octanol–water partition coefficient (Wildman–Crippen LogP) is 1.68. The number of hydrogen-bond donors (Lipinski definition) is 1. The number of nitrogens with zero attached hydrogens (tertiary/aromatic N) is 2. The molecule has 1 aliphatic heterocycles. The van der Waals surface area contributed by atoms with Gasteiger partial charge in [0, 0.05) is 30.9 Å². The molecule has 2 rings (SSSR count). The zero-order valence-corrected chi connectivity index (χ0v) is 11.0. The maximum absolute atomic E-state index is 4.50. The van der Waals surface area contributed by atoms with Crippen LogP contribution in [0.25, 0.3) is 0 Å². The normalized spacial score (nSPS) is 21.8. The highest BCUT2D eigenvalue weighted by Crippen LogP contribution is 2.12. The zero-order valence-electron chi connectivity index (χ0n) is 10.2. The van der Waals surface area contributed by atoms with E-state index in [-0.39, 0.29) is 0 Å². The Hall–Kier alpha value is -0.450. The van der Waals surface area contributed by atoms with E-state index in [9.17, 15) is 0 Å². The number of likely N-dealkylation sites (N-methyl/N-ethyl adjacent to an activating group) is 1. The van der Waals surface area contributed by atoms with Crippen LogP contribution in [0.15, 0.2) is 5.38 Å². The van der Waals surface area contributed by atoms with Crippen molar-refractivity contribution in [2.75, 3.05) is 26.2 Å². The van der Waals surface area contributed by atoms with Gasteiger partial charge in [0.05, 0.1) is 10.7 Å². The van der Waals surface area contributed by atoms with Crippen molar-refractivity contribution in [2.24, 2.45) is 0 Å². The monoisotopic (exact) mass is 239 g/mol. The molecular formula is C12H21N3S. The first-order valence-electron chi connectivity index (χ1n) is 6.14. The van der Waals surface area contributed by atoms with Crippen LogP contribution in [0, 0.1) is 6.92 Å². The predicted molar refractivity (Wildman–Crippen MR) is 69.1 cm³/mol. The van der Waals surface area contributed by atoms with Gasteiger partial charge in [-0.1, -0.05) is 6.92 Å². The van der Waals surface area contributed by atoms with Gasteiger partial charge in [0.15, 0.2) is 0 Å². The molecule has 16 heavy (non-hydrogen) atoms. The summed E-state index contributed by atoms with van der Waals surface area (Å²) in [7, 11) is 0. The molecule has 0 aliphatic carbocycles. The van der Waals surface area contributed by atoms with Crippen molar-refractivity contribution >= 4 is 11.3 Å². The van der Waals surface area contributed by atoms with Gasteiger partial charge in [-0.3, -0.25) is 0 Å². The highest BCUT2D eigenvalue weighted by Gasteiger charge is 2.20. The van der Waals surface area contributed by atoms with Crippen LogP contribution in [-0.4, -0.2) is 42.1 Å². The van der Waals surface area contributed by atoms with Gasteiger partial charge in [-0.25, -0.2) is 4.98 Å². The average molecular weight is 239 g/mol. The zero-order chi connectivity index (χ0) is 11.4. The van der Waals surface area contributed by atoms with Crippen LogP contribution in [0.1, 0.15) is 24.0 Å². The maximum Gasteiger partial charge on any atom is 0.0897 e. The number of thiazole rings is 1. The van der Waals surface area contributed by atoms with Crippen molar-refractivity contribution in [3.8, 4) is 0 Å². The quantitative estimate of drug-likeness (QED) is 0.847.